The van der Waals surface area contributed by atoms with Crippen molar-refractivity contribution in [3.05, 3.63) is 71.4 Å². The summed E-state index contributed by atoms with van der Waals surface area (Å²) in [5.74, 6) is 0.390. The van der Waals surface area contributed by atoms with E-state index in [1.165, 1.54) is 6.07 Å². The van der Waals surface area contributed by atoms with Crippen LogP contribution in [-0.2, 0) is 13.0 Å². The van der Waals surface area contributed by atoms with Crippen LogP contribution in [0.2, 0.25) is 0 Å². The number of halogens is 1. The summed E-state index contributed by atoms with van der Waals surface area (Å²) < 4.78 is 15.9. The summed E-state index contributed by atoms with van der Waals surface area (Å²) in [5, 5.41) is 4.74. The second-order valence-electron chi connectivity index (χ2n) is 7.03. The maximum absolute atomic E-state index is 14.1. The van der Waals surface area contributed by atoms with Crippen molar-refractivity contribution in [1.82, 2.24) is 19.7 Å². The van der Waals surface area contributed by atoms with Crippen molar-refractivity contribution in [3.63, 3.8) is 0 Å². The Kier molecular flexibility index (Phi) is 3.71. The number of rotatable bonds is 3. The maximum Gasteiger partial charge on any atom is 0.180 e. The summed E-state index contributed by atoms with van der Waals surface area (Å²) in [7, 11) is 0. The molecular weight excluding hydrogens is 315 g/mol. The molecule has 1 aromatic carbocycles. The quantitative estimate of drug-likeness (QED) is 0.723. The second-order valence-corrected chi connectivity index (χ2v) is 7.03. The van der Waals surface area contributed by atoms with Gasteiger partial charge >= 0.3 is 0 Å². The van der Waals surface area contributed by atoms with Crippen LogP contribution in [0, 0.1) is 11.2 Å². The van der Waals surface area contributed by atoms with Gasteiger partial charge in [-0.1, -0.05) is 38.1 Å². The van der Waals surface area contributed by atoms with E-state index in [1.54, 1.807) is 30.6 Å². The van der Waals surface area contributed by atoms with E-state index in [9.17, 15) is 4.39 Å². The van der Waals surface area contributed by atoms with Crippen LogP contribution in [0.15, 0.2) is 48.8 Å². The zero-order chi connectivity index (χ0) is 17.4. The highest BCUT2D eigenvalue weighted by Crippen LogP contribution is 2.36. The normalized spacial score (nSPS) is 15.2. The molecule has 0 saturated heterocycles. The molecule has 0 aliphatic heterocycles. The van der Waals surface area contributed by atoms with Gasteiger partial charge in [-0.3, -0.25) is 4.68 Å². The van der Waals surface area contributed by atoms with Crippen LogP contribution in [0.1, 0.15) is 30.7 Å². The summed E-state index contributed by atoms with van der Waals surface area (Å²) in [4.78, 5) is 8.72. The molecule has 0 N–H and O–H groups in total. The van der Waals surface area contributed by atoms with Crippen molar-refractivity contribution >= 4 is 6.08 Å². The van der Waals surface area contributed by atoms with E-state index in [4.69, 9.17) is 5.10 Å². The fraction of sp³-hybridized carbons (Fsp3) is 0.250. The Hall–Kier alpha value is -2.82. The Morgan fingerprint density at radius 2 is 1.88 bits per heavy atom. The van der Waals surface area contributed by atoms with Crippen molar-refractivity contribution in [2.75, 3.05) is 0 Å². The summed E-state index contributed by atoms with van der Waals surface area (Å²) >= 11 is 0. The van der Waals surface area contributed by atoms with Gasteiger partial charge in [-0.15, -0.1) is 0 Å². The van der Waals surface area contributed by atoms with E-state index in [1.807, 2.05) is 10.7 Å². The Balaban J connectivity index is 1.84. The lowest BCUT2D eigenvalue weighted by molar-refractivity contribution is 0.473. The molecule has 0 amide bonds. The van der Waals surface area contributed by atoms with Crippen molar-refractivity contribution in [2.24, 2.45) is 5.41 Å². The maximum atomic E-state index is 14.1. The van der Waals surface area contributed by atoms with Gasteiger partial charge in [0.2, 0.25) is 0 Å². The monoisotopic (exact) mass is 334 g/mol. The van der Waals surface area contributed by atoms with Crippen LogP contribution >= 0.6 is 0 Å². The molecule has 1 aliphatic carbocycles. The van der Waals surface area contributed by atoms with Crippen molar-refractivity contribution in [2.45, 2.75) is 26.8 Å². The van der Waals surface area contributed by atoms with Gasteiger partial charge in [-0.05, 0) is 30.0 Å². The third-order valence-electron chi connectivity index (χ3n) is 4.47. The van der Waals surface area contributed by atoms with E-state index in [0.29, 0.717) is 17.9 Å². The number of allylic oxidation sites excluding steroid dienone is 1. The molecule has 0 atom stereocenters. The molecule has 0 fully saturated rings. The lowest BCUT2D eigenvalue weighted by atomic mass is 9.81. The highest BCUT2D eigenvalue weighted by molar-refractivity contribution is 5.66. The zero-order valence-electron chi connectivity index (χ0n) is 14.3. The first-order chi connectivity index (χ1) is 12.0. The third-order valence-corrected chi connectivity index (χ3v) is 4.47. The SMILES string of the molecule is CC1(C)C=Cc2c(c(-c3ncccn3)nn2Cc2ccccc2F)C1. The zero-order valence-corrected chi connectivity index (χ0v) is 14.3. The molecule has 1 aliphatic rings. The van der Waals surface area contributed by atoms with E-state index in [0.717, 1.165) is 23.4 Å². The average Bonchev–Trinajstić information content (AvgIpc) is 2.94. The predicted molar refractivity (Wildman–Crippen MR) is 95.3 cm³/mol. The van der Waals surface area contributed by atoms with Crippen LogP contribution in [-0.4, -0.2) is 19.7 Å². The molecule has 4 rings (SSSR count). The van der Waals surface area contributed by atoms with Gasteiger partial charge in [0.25, 0.3) is 0 Å². The number of benzene rings is 1. The largest absolute Gasteiger partial charge is 0.260 e. The van der Waals surface area contributed by atoms with Crippen LogP contribution in [0.25, 0.3) is 17.6 Å². The Morgan fingerprint density at radius 1 is 1.12 bits per heavy atom. The van der Waals surface area contributed by atoms with Crippen molar-refractivity contribution < 1.29 is 4.39 Å². The molecule has 0 radical (unpaired) electrons. The van der Waals surface area contributed by atoms with Gasteiger partial charge in [0.05, 0.1) is 12.2 Å². The molecule has 25 heavy (non-hydrogen) atoms. The molecule has 0 spiro atoms. The summed E-state index contributed by atoms with van der Waals surface area (Å²) in [6.07, 6.45) is 8.55. The Labute approximate surface area is 146 Å². The van der Waals surface area contributed by atoms with Gasteiger partial charge in [-0.25, -0.2) is 14.4 Å². The Morgan fingerprint density at radius 3 is 2.64 bits per heavy atom. The lowest BCUT2D eigenvalue weighted by Crippen LogP contribution is -2.17. The average molecular weight is 334 g/mol. The first-order valence-electron chi connectivity index (χ1n) is 8.33. The molecule has 2 heterocycles. The lowest BCUT2D eigenvalue weighted by Gasteiger charge is -2.24. The van der Waals surface area contributed by atoms with Gasteiger partial charge in [-0.2, -0.15) is 5.10 Å². The van der Waals surface area contributed by atoms with Crippen molar-refractivity contribution in [1.29, 1.82) is 0 Å². The van der Waals surface area contributed by atoms with Gasteiger partial charge < -0.3 is 0 Å². The minimum absolute atomic E-state index is 0.0440. The smallest absolute Gasteiger partial charge is 0.180 e. The van der Waals surface area contributed by atoms with E-state index >= 15 is 0 Å². The van der Waals surface area contributed by atoms with E-state index in [-0.39, 0.29) is 11.2 Å². The number of aromatic nitrogens is 4. The summed E-state index contributed by atoms with van der Waals surface area (Å²) in [6, 6.07) is 8.59. The van der Waals surface area contributed by atoms with Crippen LogP contribution < -0.4 is 0 Å². The molecular formula is C20H19FN4. The topological polar surface area (TPSA) is 43.6 Å². The fourth-order valence-corrected chi connectivity index (χ4v) is 3.20. The molecule has 2 aromatic heterocycles. The predicted octanol–water partition coefficient (Wildman–Crippen LogP) is 4.12. The highest BCUT2D eigenvalue weighted by atomic mass is 19.1. The van der Waals surface area contributed by atoms with E-state index in [2.05, 4.69) is 36.0 Å². The molecule has 3 aromatic rings. The van der Waals surface area contributed by atoms with Crippen LogP contribution in [0.4, 0.5) is 4.39 Å². The number of hydrogen-bond acceptors (Lipinski definition) is 3. The second kappa shape index (κ2) is 5.92. The van der Waals surface area contributed by atoms with E-state index < -0.39 is 0 Å². The molecule has 5 heteroatoms. The third kappa shape index (κ3) is 2.97. The molecule has 4 nitrogen and oxygen atoms in total. The fourth-order valence-electron chi connectivity index (χ4n) is 3.20. The highest BCUT2D eigenvalue weighted by Gasteiger charge is 2.28. The van der Waals surface area contributed by atoms with Crippen LogP contribution in [0.3, 0.4) is 0 Å². The van der Waals surface area contributed by atoms with Gasteiger partial charge in [0.15, 0.2) is 5.82 Å². The summed E-state index contributed by atoms with van der Waals surface area (Å²) in [5.41, 5.74) is 3.57. The van der Waals surface area contributed by atoms with Gasteiger partial charge in [0.1, 0.15) is 11.5 Å². The molecule has 0 bridgehead atoms. The minimum Gasteiger partial charge on any atom is -0.260 e. The summed E-state index contributed by atoms with van der Waals surface area (Å²) in [6.45, 7) is 4.76. The molecule has 0 saturated carbocycles. The minimum atomic E-state index is -0.218. The Bertz CT molecular complexity index is 942. The van der Waals surface area contributed by atoms with Crippen molar-refractivity contribution in [3.8, 4) is 11.5 Å². The number of nitrogens with zero attached hydrogens (tertiary/aromatic N) is 4. The number of hydrogen-bond donors (Lipinski definition) is 0. The van der Waals surface area contributed by atoms with Gasteiger partial charge in [0, 0.05) is 23.5 Å². The molecule has 126 valence electrons. The first-order valence-corrected chi connectivity index (χ1v) is 8.33. The number of fused-ring (bicyclic) bond motifs is 1. The van der Waals surface area contributed by atoms with Crippen LogP contribution in [0.5, 0.6) is 0 Å². The molecule has 0 unspecified atom stereocenters. The standard InChI is InChI=1S/C20H19FN4/c1-20(2)9-8-17-15(12-20)18(19-22-10-5-11-23-19)24-25(17)13-14-6-3-4-7-16(14)21/h3-11H,12-13H2,1-2H3. The first kappa shape index (κ1) is 15.7.